The summed E-state index contributed by atoms with van der Waals surface area (Å²) in [6.45, 7) is 3.08. The van der Waals surface area contributed by atoms with Gasteiger partial charge in [0.05, 0.1) is 23.2 Å². The number of nitrogens with zero attached hydrogens (tertiary/aromatic N) is 1. The molecular formula is C23H24ClNO5. The van der Waals surface area contributed by atoms with E-state index in [0.717, 1.165) is 5.56 Å². The van der Waals surface area contributed by atoms with Crippen LogP contribution in [0.1, 0.15) is 30.5 Å². The van der Waals surface area contributed by atoms with Crippen LogP contribution in [0.3, 0.4) is 0 Å². The van der Waals surface area contributed by atoms with Crippen LogP contribution in [0.2, 0.25) is 5.02 Å². The lowest BCUT2D eigenvalue weighted by molar-refractivity contribution is -0.140. The molecule has 1 unspecified atom stereocenters. The number of aliphatic hydroxyl groups excluding tert-OH is 1. The van der Waals surface area contributed by atoms with E-state index in [-0.39, 0.29) is 11.3 Å². The minimum absolute atomic E-state index is 0.0452. The molecule has 0 aromatic heterocycles. The number of hydrogen-bond acceptors (Lipinski definition) is 5. The maximum Gasteiger partial charge on any atom is 0.295 e. The van der Waals surface area contributed by atoms with Crippen LogP contribution in [-0.4, -0.2) is 48.6 Å². The molecule has 0 saturated carbocycles. The van der Waals surface area contributed by atoms with Crippen molar-refractivity contribution in [2.24, 2.45) is 0 Å². The Morgan fingerprint density at radius 3 is 2.53 bits per heavy atom. The predicted molar refractivity (Wildman–Crippen MR) is 115 cm³/mol. The second kappa shape index (κ2) is 9.78. The smallest absolute Gasteiger partial charge is 0.295 e. The molecule has 3 rings (SSSR count). The van der Waals surface area contributed by atoms with Crippen molar-refractivity contribution in [3.63, 3.8) is 0 Å². The number of rotatable bonds is 8. The number of carbonyl (C=O) groups is 2. The highest BCUT2D eigenvalue weighted by molar-refractivity contribution is 6.46. The van der Waals surface area contributed by atoms with E-state index < -0.39 is 17.7 Å². The molecule has 1 N–H and O–H groups in total. The Hall–Kier alpha value is -2.83. The number of ketones is 1. The number of methoxy groups -OCH3 is 1. The number of amides is 1. The van der Waals surface area contributed by atoms with Gasteiger partial charge in [0.1, 0.15) is 11.5 Å². The molecule has 1 aliphatic heterocycles. The Kier molecular flexibility index (Phi) is 7.13. The fraction of sp³-hybridized carbons (Fsp3) is 0.304. The maximum atomic E-state index is 12.9. The molecule has 6 nitrogen and oxygen atoms in total. The lowest BCUT2D eigenvalue weighted by Gasteiger charge is -2.25. The molecule has 30 heavy (non-hydrogen) atoms. The molecule has 1 fully saturated rings. The molecule has 0 spiro atoms. The summed E-state index contributed by atoms with van der Waals surface area (Å²) in [5.41, 5.74) is 1.14. The van der Waals surface area contributed by atoms with Crippen molar-refractivity contribution in [3.05, 3.63) is 70.3 Å². The SMILES string of the molecule is CCOc1ccc(/C(O)=C2\C(=O)C(=O)N(CCCOC)C2c2ccccc2)cc1Cl. The number of halogens is 1. The van der Waals surface area contributed by atoms with Gasteiger partial charge in [0, 0.05) is 25.8 Å². The van der Waals surface area contributed by atoms with Crippen LogP contribution < -0.4 is 4.74 Å². The fourth-order valence-electron chi connectivity index (χ4n) is 3.55. The van der Waals surface area contributed by atoms with E-state index in [1.54, 1.807) is 19.2 Å². The molecule has 1 amide bonds. The van der Waals surface area contributed by atoms with Crippen LogP contribution in [-0.2, 0) is 14.3 Å². The number of likely N-dealkylation sites (tertiary alicyclic amines) is 1. The van der Waals surface area contributed by atoms with Crippen LogP contribution in [0.15, 0.2) is 54.1 Å². The van der Waals surface area contributed by atoms with Gasteiger partial charge in [0.15, 0.2) is 0 Å². The average molecular weight is 430 g/mol. The second-order valence-corrected chi connectivity index (χ2v) is 7.23. The van der Waals surface area contributed by atoms with Crippen molar-refractivity contribution in [2.75, 3.05) is 26.9 Å². The van der Waals surface area contributed by atoms with Crippen molar-refractivity contribution in [2.45, 2.75) is 19.4 Å². The first-order chi connectivity index (χ1) is 14.5. The number of Topliss-reactive ketones (excluding diaryl/α,β-unsaturated/α-hetero) is 1. The second-order valence-electron chi connectivity index (χ2n) is 6.83. The summed E-state index contributed by atoms with van der Waals surface area (Å²) in [5, 5.41) is 11.3. The maximum absolute atomic E-state index is 12.9. The molecule has 0 radical (unpaired) electrons. The molecule has 158 valence electrons. The summed E-state index contributed by atoms with van der Waals surface area (Å²) in [4.78, 5) is 27.2. The highest BCUT2D eigenvalue weighted by Gasteiger charge is 2.45. The lowest BCUT2D eigenvalue weighted by atomic mass is 9.95. The molecule has 0 aliphatic carbocycles. The van der Waals surface area contributed by atoms with Gasteiger partial charge in [-0.05, 0) is 37.1 Å². The first-order valence-corrected chi connectivity index (χ1v) is 10.1. The van der Waals surface area contributed by atoms with E-state index in [4.69, 9.17) is 21.1 Å². The Morgan fingerprint density at radius 2 is 1.90 bits per heavy atom. The first-order valence-electron chi connectivity index (χ1n) is 9.74. The summed E-state index contributed by atoms with van der Waals surface area (Å²) in [6.07, 6.45) is 0.571. The van der Waals surface area contributed by atoms with Gasteiger partial charge in [0.2, 0.25) is 0 Å². The number of ether oxygens (including phenoxy) is 2. The van der Waals surface area contributed by atoms with E-state index >= 15 is 0 Å². The topological polar surface area (TPSA) is 76.1 Å². The zero-order valence-corrected chi connectivity index (χ0v) is 17.7. The van der Waals surface area contributed by atoms with Gasteiger partial charge in [0.25, 0.3) is 11.7 Å². The van der Waals surface area contributed by atoms with Crippen molar-refractivity contribution in [1.29, 1.82) is 0 Å². The van der Waals surface area contributed by atoms with Crippen molar-refractivity contribution >= 4 is 29.1 Å². The average Bonchev–Trinajstić information content (AvgIpc) is 3.00. The van der Waals surface area contributed by atoms with E-state index in [2.05, 4.69) is 0 Å². The van der Waals surface area contributed by atoms with E-state index in [9.17, 15) is 14.7 Å². The van der Waals surface area contributed by atoms with Crippen LogP contribution in [0.25, 0.3) is 5.76 Å². The molecular weight excluding hydrogens is 406 g/mol. The van der Waals surface area contributed by atoms with Crippen molar-refractivity contribution < 1.29 is 24.2 Å². The lowest BCUT2D eigenvalue weighted by Crippen LogP contribution is -2.31. The molecule has 0 bridgehead atoms. The fourth-order valence-corrected chi connectivity index (χ4v) is 3.78. The highest BCUT2D eigenvalue weighted by Crippen LogP contribution is 2.40. The molecule has 2 aromatic carbocycles. The Labute approximate surface area is 180 Å². The van der Waals surface area contributed by atoms with E-state index in [1.165, 1.54) is 11.0 Å². The zero-order chi connectivity index (χ0) is 21.7. The Morgan fingerprint density at radius 1 is 1.17 bits per heavy atom. The minimum Gasteiger partial charge on any atom is -0.507 e. The molecule has 2 aromatic rings. The first kappa shape index (κ1) is 21.9. The van der Waals surface area contributed by atoms with Gasteiger partial charge in [-0.3, -0.25) is 9.59 Å². The van der Waals surface area contributed by atoms with Gasteiger partial charge in [-0.2, -0.15) is 0 Å². The third-order valence-electron chi connectivity index (χ3n) is 4.91. The van der Waals surface area contributed by atoms with Crippen LogP contribution in [0, 0.1) is 0 Å². The predicted octanol–water partition coefficient (Wildman–Crippen LogP) is 4.20. The van der Waals surface area contributed by atoms with Gasteiger partial charge in [-0.15, -0.1) is 0 Å². The summed E-state index contributed by atoms with van der Waals surface area (Å²) in [6, 6.07) is 13.3. The van der Waals surface area contributed by atoms with Crippen molar-refractivity contribution in [3.8, 4) is 5.75 Å². The van der Waals surface area contributed by atoms with Gasteiger partial charge < -0.3 is 19.5 Å². The third kappa shape index (κ3) is 4.35. The van der Waals surface area contributed by atoms with Gasteiger partial charge in [-0.1, -0.05) is 41.9 Å². The van der Waals surface area contributed by atoms with Crippen LogP contribution in [0.4, 0.5) is 0 Å². The third-order valence-corrected chi connectivity index (χ3v) is 5.20. The largest absolute Gasteiger partial charge is 0.507 e. The minimum atomic E-state index is -0.719. The monoisotopic (exact) mass is 429 g/mol. The number of aliphatic hydroxyl groups is 1. The number of carbonyl (C=O) groups excluding carboxylic acids is 2. The summed E-state index contributed by atoms with van der Waals surface area (Å²) >= 11 is 6.26. The Balaban J connectivity index is 2.08. The van der Waals surface area contributed by atoms with Gasteiger partial charge in [-0.25, -0.2) is 0 Å². The molecule has 1 heterocycles. The molecule has 1 aliphatic rings. The normalized spacial score (nSPS) is 18.1. The highest BCUT2D eigenvalue weighted by atomic mass is 35.5. The van der Waals surface area contributed by atoms with Gasteiger partial charge >= 0.3 is 0 Å². The summed E-state index contributed by atoms with van der Waals surface area (Å²) in [7, 11) is 1.58. The van der Waals surface area contributed by atoms with E-state index in [1.807, 2.05) is 37.3 Å². The Bertz CT molecular complexity index is 957. The quantitative estimate of drug-likeness (QED) is 0.294. The van der Waals surface area contributed by atoms with Crippen molar-refractivity contribution in [1.82, 2.24) is 4.90 Å². The van der Waals surface area contributed by atoms with Crippen LogP contribution >= 0.6 is 11.6 Å². The molecule has 1 saturated heterocycles. The van der Waals surface area contributed by atoms with E-state index in [0.29, 0.717) is 42.5 Å². The zero-order valence-electron chi connectivity index (χ0n) is 16.9. The number of hydrogen-bond donors (Lipinski definition) is 1. The molecule has 1 atom stereocenters. The standard InChI is InChI=1S/C23H24ClNO5/c1-3-30-18-11-10-16(14-17(18)24)21(26)19-20(15-8-5-4-6-9-15)25(12-7-13-29-2)23(28)22(19)27/h4-6,8-11,14,20,26H,3,7,12-13H2,1-2H3/b21-19+. The summed E-state index contributed by atoms with van der Waals surface area (Å²) < 4.78 is 10.5. The van der Waals surface area contributed by atoms with Crippen LogP contribution in [0.5, 0.6) is 5.75 Å². The number of benzene rings is 2. The summed E-state index contributed by atoms with van der Waals surface area (Å²) in [5.74, 6) is -1.14. The molecule has 7 heteroatoms.